The van der Waals surface area contributed by atoms with Gasteiger partial charge in [-0.05, 0) is 35.9 Å². The Labute approximate surface area is 117 Å². The highest BCUT2D eigenvalue weighted by Gasteiger charge is 2.30. The lowest BCUT2D eigenvalue weighted by Gasteiger charge is -2.29. The maximum absolute atomic E-state index is 3.81. The van der Waals surface area contributed by atoms with Gasteiger partial charge in [0.1, 0.15) is 0 Å². The van der Waals surface area contributed by atoms with Crippen molar-refractivity contribution in [3.8, 4) is 0 Å². The first-order valence-corrected chi connectivity index (χ1v) is 10.3. The van der Waals surface area contributed by atoms with Crippen LogP contribution >= 0.6 is 0 Å². The third kappa shape index (κ3) is 5.16. The normalized spacial score (nSPS) is 12.2. The molecule has 0 saturated heterocycles. The van der Waals surface area contributed by atoms with Crippen molar-refractivity contribution in [3.63, 3.8) is 0 Å². The fourth-order valence-electron chi connectivity index (χ4n) is 3.08. The van der Waals surface area contributed by atoms with Crippen LogP contribution in [-0.4, -0.2) is 8.07 Å². The summed E-state index contributed by atoms with van der Waals surface area (Å²) in [6.45, 7) is 18.7. The molecule has 0 bridgehead atoms. The van der Waals surface area contributed by atoms with E-state index in [1.54, 1.807) is 5.20 Å². The standard InChI is InChI=1S/C17H34Si/c1-9-16(18(10-2,11-3)12-4)13-15(5)14-17(6,7)8/h9-12,14H2,1-8H3. The molecule has 0 heterocycles. The Kier molecular flexibility index (Phi) is 7.25. The van der Waals surface area contributed by atoms with Crippen molar-refractivity contribution in [1.29, 1.82) is 0 Å². The predicted molar refractivity (Wildman–Crippen MR) is 87.8 cm³/mol. The molecule has 0 aliphatic carbocycles. The summed E-state index contributed by atoms with van der Waals surface area (Å²) >= 11 is 0. The van der Waals surface area contributed by atoms with E-state index in [1.807, 2.05) is 0 Å². The van der Waals surface area contributed by atoms with Crippen LogP contribution in [0.5, 0.6) is 0 Å². The van der Waals surface area contributed by atoms with Gasteiger partial charge in [0.2, 0.25) is 0 Å². The Morgan fingerprint density at radius 1 is 0.944 bits per heavy atom. The zero-order valence-corrected chi connectivity index (χ0v) is 15.0. The van der Waals surface area contributed by atoms with Crippen LogP contribution in [0.2, 0.25) is 18.1 Å². The Morgan fingerprint density at radius 2 is 1.39 bits per heavy atom. The molecule has 0 aliphatic rings. The van der Waals surface area contributed by atoms with Crippen LogP contribution in [0.4, 0.5) is 0 Å². The molecule has 1 heteroatoms. The first-order chi connectivity index (χ1) is 8.24. The predicted octanol–water partition coefficient (Wildman–Crippen LogP) is 6.35. The van der Waals surface area contributed by atoms with E-state index < -0.39 is 8.07 Å². The summed E-state index contributed by atoms with van der Waals surface area (Å²) < 4.78 is 0. The van der Waals surface area contributed by atoms with Gasteiger partial charge >= 0.3 is 0 Å². The molecule has 0 aromatic heterocycles. The van der Waals surface area contributed by atoms with Crippen molar-refractivity contribution in [2.45, 2.75) is 86.4 Å². The quantitative estimate of drug-likeness (QED) is 0.388. The number of hydrogen-bond acceptors (Lipinski definition) is 0. The molecule has 0 amide bonds. The van der Waals surface area contributed by atoms with Crippen LogP contribution in [-0.2, 0) is 0 Å². The second kappa shape index (κ2) is 7.36. The smallest absolute Gasteiger partial charge is 0.0906 e. The number of rotatable bonds is 6. The first-order valence-electron chi connectivity index (χ1n) is 7.70. The van der Waals surface area contributed by atoms with Gasteiger partial charge in [-0.1, -0.05) is 66.6 Å². The van der Waals surface area contributed by atoms with Gasteiger partial charge < -0.3 is 0 Å². The fraction of sp³-hybridized carbons (Fsp3) is 0.824. The van der Waals surface area contributed by atoms with Crippen molar-refractivity contribution in [3.05, 3.63) is 16.5 Å². The zero-order chi connectivity index (χ0) is 14.4. The van der Waals surface area contributed by atoms with E-state index in [4.69, 9.17) is 0 Å². The highest BCUT2D eigenvalue weighted by Crippen LogP contribution is 2.31. The molecular formula is C17H34Si. The fourth-order valence-corrected chi connectivity index (χ4v) is 7.09. The van der Waals surface area contributed by atoms with Crippen LogP contribution in [0.25, 0.3) is 0 Å². The molecule has 18 heavy (non-hydrogen) atoms. The van der Waals surface area contributed by atoms with Gasteiger partial charge in [-0.3, -0.25) is 0 Å². The van der Waals surface area contributed by atoms with E-state index in [2.05, 4.69) is 61.1 Å². The third-order valence-corrected chi connectivity index (χ3v) is 10.0. The molecule has 106 valence electrons. The van der Waals surface area contributed by atoms with Gasteiger partial charge in [-0.2, -0.15) is 0 Å². The minimum absolute atomic E-state index is 0.380. The molecule has 0 aromatic carbocycles. The highest BCUT2D eigenvalue weighted by molar-refractivity contribution is 6.86. The summed E-state index contributed by atoms with van der Waals surface area (Å²) in [7, 11) is -1.20. The van der Waals surface area contributed by atoms with Gasteiger partial charge in [0, 0.05) is 0 Å². The molecule has 0 rings (SSSR count). The Hall–Kier alpha value is -0.263. The van der Waals surface area contributed by atoms with Crippen LogP contribution < -0.4 is 0 Å². The van der Waals surface area contributed by atoms with Crippen molar-refractivity contribution in [2.24, 2.45) is 5.41 Å². The summed E-state index contributed by atoms with van der Waals surface area (Å²) in [5.74, 6) is 0. The largest absolute Gasteiger partial charge is 0.127 e. The molecule has 0 radical (unpaired) electrons. The van der Waals surface area contributed by atoms with Crippen LogP contribution in [0.3, 0.4) is 0 Å². The van der Waals surface area contributed by atoms with E-state index in [0.717, 1.165) is 6.42 Å². The second-order valence-corrected chi connectivity index (χ2v) is 12.1. The lowest BCUT2D eigenvalue weighted by molar-refractivity contribution is 0.410. The average Bonchev–Trinajstić information content (AvgIpc) is 2.28. The van der Waals surface area contributed by atoms with Crippen LogP contribution in [0.15, 0.2) is 16.5 Å². The Balaban J connectivity index is 5.46. The molecule has 0 N–H and O–H groups in total. The molecule has 0 fully saturated rings. The lowest BCUT2D eigenvalue weighted by atomic mass is 9.89. The summed E-state index contributed by atoms with van der Waals surface area (Å²) in [6, 6.07) is 4.12. The molecule has 0 atom stereocenters. The van der Waals surface area contributed by atoms with E-state index in [1.165, 1.54) is 30.1 Å². The topological polar surface area (TPSA) is 0 Å². The van der Waals surface area contributed by atoms with Gasteiger partial charge in [0.05, 0.1) is 8.07 Å². The van der Waals surface area contributed by atoms with Crippen molar-refractivity contribution in [2.75, 3.05) is 0 Å². The van der Waals surface area contributed by atoms with Crippen molar-refractivity contribution >= 4 is 8.07 Å². The molecule has 0 unspecified atom stereocenters. The SMILES string of the molecule is CCC(=C=C(C)CC(C)(C)C)[Si](CC)(CC)CC. The van der Waals surface area contributed by atoms with Crippen molar-refractivity contribution < 1.29 is 0 Å². The molecule has 0 spiro atoms. The minimum atomic E-state index is -1.20. The van der Waals surface area contributed by atoms with Crippen LogP contribution in [0, 0.1) is 5.41 Å². The monoisotopic (exact) mass is 266 g/mol. The van der Waals surface area contributed by atoms with Crippen molar-refractivity contribution in [1.82, 2.24) is 0 Å². The maximum atomic E-state index is 3.81. The summed E-state index contributed by atoms with van der Waals surface area (Å²) in [5, 5.41) is 1.68. The summed E-state index contributed by atoms with van der Waals surface area (Å²) in [5.41, 5.74) is 5.64. The molecule has 0 aromatic rings. The lowest BCUT2D eigenvalue weighted by Crippen LogP contribution is -2.34. The van der Waals surface area contributed by atoms with E-state index in [0.29, 0.717) is 5.41 Å². The zero-order valence-electron chi connectivity index (χ0n) is 14.0. The van der Waals surface area contributed by atoms with E-state index in [-0.39, 0.29) is 0 Å². The molecular weight excluding hydrogens is 232 g/mol. The van der Waals surface area contributed by atoms with Gasteiger partial charge in [0.25, 0.3) is 0 Å². The second-order valence-electron chi connectivity index (χ2n) is 6.82. The van der Waals surface area contributed by atoms with Gasteiger partial charge in [-0.25, -0.2) is 0 Å². The maximum Gasteiger partial charge on any atom is 0.0906 e. The molecule has 0 nitrogen and oxygen atoms in total. The van der Waals surface area contributed by atoms with Gasteiger partial charge in [-0.15, -0.1) is 5.73 Å². The summed E-state index contributed by atoms with van der Waals surface area (Å²) in [6.07, 6.45) is 2.36. The number of allylic oxidation sites excluding steroid dienone is 1. The Morgan fingerprint density at radius 3 is 1.67 bits per heavy atom. The Bertz CT molecular complexity index is 299. The molecule has 0 saturated carbocycles. The molecule has 0 aliphatic heterocycles. The highest BCUT2D eigenvalue weighted by atomic mass is 28.3. The average molecular weight is 267 g/mol. The minimum Gasteiger partial charge on any atom is -0.127 e. The first kappa shape index (κ1) is 17.7. The van der Waals surface area contributed by atoms with Crippen LogP contribution in [0.1, 0.15) is 68.2 Å². The third-order valence-electron chi connectivity index (χ3n) is 4.18. The number of hydrogen-bond donors (Lipinski definition) is 0. The summed E-state index contributed by atoms with van der Waals surface area (Å²) in [4.78, 5) is 0. The van der Waals surface area contributed by atoms with Gasteiger partial charge in [0.15, 0.2) is 0 Å². The van der Waals surface area contributed by atoms with E-state index >= 15 is 0 Å². The van der Waals surface area contributed by atoms with E-state index in [9.17, 15) is 0 Å².